The summed E-state index contributed by atoms with van der Waals surface area (Å²) in [5.74, 6) is 0.496. The number of carbonyl (C=O) groups is 1. The third-order valence-corrected chi connectivity index (χ3v) is 4.84. The molecule has 0 fully saturated rings. The predicted molar refractivity (Wildman–Crippen MR) is 113 cm³/mol. The molecule has 4 nitrogen and oxygen atoms in total. The van der Waals surface area contributed by atoms with Crippen LogP contribution in [0.2, 0.25) is 0 Å². The number of benzene rings is 2. The first-order valence-corrected chi connectivity index (χ1v) is 9.77. The van der Waals surface area contributed by atoms with Gasteiger partial charge >= 0.3 is 5.97 Å². The van der Waals surface area contributed by atoms with E-state index in [-0.39, 0.29) is 5.97 Å². The van der Waals surface area contributed by atoms with Crippen molar-refractivity contribution in [1.29, 1.82) is 0 Å². The van der Waals surface area contributed by atoms with Gasteiger partial charge in [0.05, 0.1) is 30.5 Å². The van der Waals surface area contributed by atoms with Gasteiger partial charge in [0.25, 0.3) is 0 Å². The summed E-state index contributed by atoms with van der Waals surface area (Å²) in [5, 5.41) is 0.843. The maximum atomic E-state index is 12.9. The number of esters is 1. The molecule has 1 aromatic heterocycles. The van der Waals surface area contributed by atoms with Crippen LogP contribution in [-0.2, 0) is 4.74 Å². The zero-order valence-electron chi connectivity index (χ0n) is 17.0. The summed E-state index contributed by atoms with van der Waals surface area (Å²) < 4.78 is 10.8. The van der Waals surface area contributed by atoms with Gasteiger partial charge in [0.1, 0.15) is 5.75 Å². The first-order valence-electron chi connectivity index (χ1n) is 9.77. The van der Waals surface area contributed by atoms with Crippen molar-refractivity contribution in [2.45, 2.75) is 40.0 Å². The molecule has 0 saturated heterocycles. The van der Waals surface area contributed by atoms with Gasteiger partial charge in [-0.1, -0.05) is 31.4 Å². The number of fused-ring (bicyclic) bond motifs is 1. The Morgan fingerprint density at radius 3 is 2.46 bits per heavy atom. The Hall–Kier alpha value is -2.88. The zero-order valence-corrected chi connectivity index (χ0v) is 17.0. The van der Waals surface area contributed by atoms with Crippen LogP contribution in [0.25, 0.3) is 22.2 Å². The van der Waals surface area contributed by atoms with Crippen LogP contribution in [0.3, 0.4) is 0 Å². The largest absolute Gasteiger partial charge is 0.497 e. The van der Waals surface area contributed by atoms with Crippen LogP contribution < -0.4 is 4.74 Å². The van der Waals surface area contributed by atoms with Crippen LogP contribution in [0.5, 0.6) is 5.75 Å². The third-order valence-electron chi connectivity index (χ3n) is 4.84. The van der Waals surface area contributed by atoms with E-state index in [9.17, 15) is 4.79 Å². The topological polar surface area (TPSA) is 48.4 Å². The molecule has 3 rings (SSSR count). The molecule has 0 N–H and O–H groups in total. The van der Waals surface area contributed by atoms with E-state index >= 15 is 0 Å². The molecule has 2 aromatic carbocycles. The molecule has 0 bridgehead atoms. The van der Waals surface area contributed by atoms with E-state index < -0.39 is 0 Å². The number of aryl methyl sites for hydroxylation is 2. The van der Waals surface area contributed by atoms with Gasteiger partial charge in [-0.2, -0.15) is 0 Å². The minimum atomic E-state index is -0.289. The Labute approximate surface area is 166 Å². The second-order valence-electron chi connectivity index (χ2n) is 7.10. The molecule has 1 heterocycles. The summed E-state index contributed by atoms with van der Waals surface area (Å²) in [6, 6.07) is 13.6. The lowest BCUT2D eigenvalue weighted by Crippen LogP contribution is -2.08. The van der Waals surface area contributed by atoms with Crippen molar-refractivity contribution in [3.63, 3.8) is 0 Å². The normalized spacial score (nSPS) is 10.9. The fourth-order valence-corrected chi connectivity index (χ4v) is 3.35. The number of hydrogen-bond donors (Lipinski definition) is 0. The van der Waals surface area contributed by atoms with E-state index in [1.165, 1.54) is 0 Å². The summed E-state index contributed by atoms with van der Waals surface area (Å²) in [6.07, 6.45) is 3.03. The summed E-state index contributed by atoms with van der Waals surface area (Å²) in [7, 11) is 1.64. The molecule has 4 heteroatoms. The quantitative estimate of drug-likeness (QED) is 0.381. The molecule has 0 spiro atoms. The highest BCUT2D eigenvalue weighted by atomic mass is 16.5. The fraction of sp³-hybridized carbons (Fsp3) is 0.333. The number of carbonyl (C=O) groups excluding carboxylic acids is 1. The summed E-state index contributed by atoms with van der Waals surface area (Å²) in [5.41, 5.74) is 5.23. The second-order valence-corrected chi connectivity index (χ2v) is 7.10. The van der Waals surface area contributed by atoms with Gasteiger partial charge in [-0.15, -0.1) is 0 Å². The number of rotatable bonds is 7. The highest BCUT2D eigenvalue weighted by Crippen LogP contribution is 2.29. The smallest absolute Gasteiger partial charge is 0.338 e. The molecule has 0 unspecified atom stereocenters. The first-order chi connectivity index (χ1) is 13.5. The van der Waals surface area contributed by atoms with Gasteiger partial charge in [0.2, 0.25) is 0 Å². The zero-order chi connectivity index (χ0) is 20.1. The van der Waals surface area contributed by atoms with Crippen LogP contribution in [0.15, 0.2) is 42.5 Å². The fourth-order valence-electron chi connectivity index (χ4n) is 3.35. The van der Waals surface area contributed by atoms with Crippen LogP contribution in [0.1, 0.15) is 47.7 Å². The Morgan fingerprint density at radius 2 is 1.79 bits per heavy atom. The number of methoxy groups -OCH3 is 1. The molecule has 28 heavy (non-hydrogen) atoms. The Kier molecular flexibility index (Phi) is 6.30. The standard InChI is InChI=1S/C24H27NO3/c1-5-6-7-12-28-24(26)21-15-22(18-8-10-19(27-4)11-9-18)25-23-17(3)13-16(2)14-20(21)23/h8-11,13-15H,5-7,12H2,1-4H3. The van der Waals surface area contributed by atoms with Crippen molar-refractivity contribution in [3.05, 3.63) is 59.2 Å². The van der Waals surface area contributed by atoms with Crippen LogP contribution in [-0.4, -0.2) is 24.7 Å². The van der Waals surface area contributed by atoms with E-state index in [1.54, 1.807) is 7.11 Å². The van der Waals surface area contributed by atoms with Crippen molar-refractivity contribution < 1.29 is 14.3 Å². The Bertz CT molecular complexity index is 977. The highest BCUT2D eigenvalue weighted by molar-refractivity contribution is 6.05. The SMILES string of the molecule is CCCCCOC(=O)c1cc(-c2ccc(OC)cc2)nc2c(C)cc(C)cc12. The van der Waals surface area contributed by atoms with Gasteiger partial charge in [-0.3, -0.25) is 0 Å². The monoisotopic (exact) mass is 377 g/mol. The molecule has 146 valence electrons. The number of unbranched alkanes of at least 4 members (excludes halogenated alkanes) is 2. The van der Waals surface area contributed by atoms with Gasteiger partial charge in [-0.25, -0.2) is 9.78 Å². The number of ether oxygens (including phenoxy) is 2. The third kappa shape index (κ3) is 4.33. The average molecular weight is 377 g/mol. The lowest BCUT2D eigenvalue weighted by molar-refractivity contribution is 0.0500. The van der Waals surface area contributed by atoms with Gasteiger partial charge in [-0.05, 0) is 62.2 Å². The lowest BCUT2D eigenvalue weighted by atomic mass is 10.00. The molecule has 0 saturated carbocycles. The van der Waals surface area contributed by atoms with E-state index in [2.05, 4.69) is 13.0 Å². The minimum Gasteiger partial charge on any atom is -0.497 e. The van der Waals surface area contributed by atoms with Crippen molar-refractivity contribution >= 4 is 16.9 Å². The Morgan fingerprint density at radius 1 is 1.04 bits per heavy atom. The molecule has 0 amide bonds. The maximum absolute atomic E-state index is 12.9. The number of aromatic nitrogens is 1. The van der Waals surface area contributed by atoms with Crippen LogP contribution in [0.4, 0.5) is 0 Å². The highest BCUT2D eigenvalue weighted by Gasteiger charge is 2.17. The molecule has 0 atom stereocenters. The van der Waals surface area contributed by atoms with E-state index in [4.69, 9.17) is 14.5 Å². The van der Waals surface area contributed by atoms with Crippen LogP contribution >= 0.6 is 0 Å². The number of pyridine rings is 1. The van der Waals surface area contributed by atoms with E-state index in [0.29, 0.717) is 12.2 Å². The second kappa shape index (κ2) is 8.87. The van der Waals surface area contributed by atoms with Crippen LogP contribution in [0, 0.1) is 13.8 Å². The molecule has 3 aromatic rings. The number of hydrogen-bond acceptors (Lipinski definition) is 4. The first kappa shape index (κ1) is 19.9. The summed E-state index contributed by atoms with van der Waals surface area (Å²) in [4.78, 5) is 17.7. The van der Waals surface area contributed by atoms with Gasteiger partial charge < -0.3 is 9.47 Å². The lowest BCUT2D eigenvalue weighted by Gasteiger charge is -2.13. The van der Waals surface area contributed by atoms with Crippen molar-refractivity contribution in [3.8, 4) is 17.0 Å². The molecular formula is C24H27NO3. The summed E-state index contributed by atoms with van der Waals surface area (Å²) >= 11 is 0. The maximum Gasteiger partial charge on any atom is 0.338 e. The molecule has 0 aliphatic rings. The van der Waals surface area contributed by atoms with Crippen molar-refractivity contribution in [2.75, 3.05) is 13.7 Å². The van der Waals surface area contributed by atoms with Gasteiger partial charge in [0.15, 0.2) is 0 Å². The number of nitrogens with zero attached hydrogens (tertiary/aromatic N) is 1. The molecule has 0 radical (unpaired) electrons. The minimum absolute atomic E-state index is 0.289. The Balaban J connectivity index is 2.07. The van der Waals surface area contributed by atoms with Crippen molar-refractivity contribution in [2.24, 2.45) is 0 Å². The predicted octanol–water partition coefficient (Wildman–Crippen LogP) is 5.87. The van der Waals surface area contributed by atoms with E-state index in [1.807, 2.05) is 50.2 Å². The average Bonchev–Trinajstić information content (AvgIpc) is 2.70. The molecule has 0 aliphatic heterocycles. The van der Waals surface area contributed by atoms with Crippen molar-refractivity contribution in [1.82, 2.24) is 4.98 Å². The molecular weight excluding hydrogens is 350 g/mol. The molecule has 0 aliphatic carbocycles. The summed E-state index contributed by atoms with van der Waals surface area (Å²) in [6.45, 7) is 6.63. The van der Waals surface area contributed by atoms with E-state index in [0.717, 1.165) is 58.3 Å². The van der Waals surface area contributed by atoms with Gasteiger partial charge in [0, 0.05) is 10.9 Å².